The number of likely N-dealkylation sites (tertiary alicyclic amines) is 1. The van der Waals surface area contributed by atoms with Gasteiger partial charge in [0.15, 0.2) is 0 Å². The zero-order valence-corrected chi connectivity index (χ0v) is 34.7. The first-order valence-corrected chi connectivity index (χ1v) is 20.3. The largest absolute Gasteiger partial charge is 0.453 e. The summed E-state index contributed by atoms with van der Waals surface area (Å²) < 4.78 is 20.5. The summed E-state index contributed by atoms with van der Waals surface area (Å²) in [6.07, 6.45) is 3.74. The van der Waals surface area contributed by atoms with Crippen molar-refractivity contribution in [1.29, 1.82) is 0 Å². The Labute approximate surface area is 353 Å². The van der Waals surface area contributed by atoms with Gasteiger partial charge in [-0.05, 0) is 59.6 Å². The van der Waals surface area contributed by atoms with E-state index in [4.69, 9.17) is 28.9 Å². The van der Waals surface area contributed by atoms with E-state index in [1.165, 1.54) is 21.3 Å². The number of benzene rings is 3. The lowest BCUT2D eigenvalue weighted by atomic mass is 10.0. The number of amides is 4. The number of carbonyl (C=O) groups excluding carboxylic acids is 4. The number of aromatic nitrogens is 4. The van der Waals surface area contributed by atoms with Gasteiger partial charge in [-0.15, -0.1) is 0 Å². The maximum Gasteiger partial charge on any atom is 0.407 e. The Morgan fingerprint density at radius 2 is 1.34 bits per heavy atom. The first kappa shape index (κ1) is 41.2. The highest BCUT2D eigenvalue weighted by atomic mass is 16.5. The number of fused-ring (bicyclic) bond motifs is 4. The second-order valence-corrected chi connectivity index (χ2v) is 15.7. The monoisotopic (exact) mass is 830 g/mol. The van der Waals surface area contributed by atoms with Crippen molar-refractivity contribution in [1.82, 2.24) is 40.4 Å². The molecule has 0 aliphatic carbocycles. The molecule has 0 saturated carbocycles. The lowest BCUT2D eigenvalue weighted by Gasteiger charge is -2.30. The second-order valence-electron chi connectivity index (χ2n) is 15.7. The standard InChI is InChI=1S/C45H50N8O8/c1-25(59-3)38(50-44(56)60-4)42(54)52-23-26(24-58-2)19-37(52)41-47-22-34(49-41)30-15-11-28(12-16-30)27-9-13-29(14-10-27)33-21-46-40(48-33)36-18-17-35-31-7-6-8-32(20-31)39(43(55)53(35)36)51-45(57)61-5/h6-16,20-22,25-26,35-39H,17-19,23-24H2,1-5H3,(H,46,48)(H,47,49)(H,50,56)(H,51,57). The molecule has 16 heteroatoms. The number of H-pyrrole nitrogens is 2. The molecule has 4 amide bonds. The molecule has 8 rings (SSSR count). The Balaban J connectivity index is 0.955. The molecule has 4 N–H and O–H groups in total. The van der Waals surface area contributed by atoms with Crippen LogP contribution in [0.2, 0.25) is 0 Å². The Morgan fingerprint density at radius 3 is 1.93 bits per heavy atom. The number of methoxy groups -OCH3 is 4. The van der Waals surface area contributed by atoms with Crippen LogP contribution in [-0.4, -0.2) is 107 Å². The molecule has 0 spiro atoms. The van der Waals surface area contributed by atoms with Crippen LogP contribution in [0.1, 0.15) is 73.1 Å². The van der Waals surface area contributed by atoms with Crippen molar-refractivity contribution in [2.45, 2.75) is 62.5 Å². The number of carbonyl (C=O) groups is 4. The number of hydrogen-bond acceptors (Lipinski definition) is 10. The van der Waals surface area contributed by atoms with Gasteiger partial charge in [-0.3, -0.25) is 9.59 Å². The smallest absolute Gasteiger partial charge is 0.407 e. The van der Waals surface area contributed by atoms with E-state index < -0.39 is 30.4 Å². The topological polar surface area (TPSA) is 193 Å². The fourth-order valence-corrected chi connectivity index (χ4v) is 8.93. The van der Waals surface area contributed by atoms with E-state index in [0.29, 0.717) is 31.2 Å². The van der Waals surface area contributed by atoms with Crippen molar-refractivity contribution in [3.63, 3.8) is 0 Å². The Kier molecular flexibility index (Phi) is 11.9. The van der Waals surface area contributed by atoms with E-state index in [-0.39, 0.29) is 35.9 Å². The number of imidazole rings is 2. The SMILES string of the molecule is COCC1CC(c2ncc(-c3ccc(-c4ccc(-c5cnc(C6CCC7c8cccc(c8)C(NC(=O)OC)C(=O)N76)[nH]5)cc4)cc3)[nH]2)N(C(=O)C(NC(=O)OC)C(C)OC)C1. The fraction of sp³-hybridized carbons (Fsp3) is 0.378. The summed E-state index contributed by atoms with van der Waals surface area (Å²) in [5.74, 6) is 0.936. The number of ether oxygens (including phenoxy) is 4. The van der Waals surface area contributed by atoms with Gasteiger partial charge in [0, 0.05) is 26.7 Å². The van der Waals surface area contributed by atoms with Gasteiger partial charge >= 0.3 is 12.2 Å². The summed E-state index contributed by atoms with van der Waals surface area (Å²) in [5.41, 5.74) is 7.35. The average Bonchev–Trinajstić information content (AvgIpc) is 4.13. The minimum Gasteiger partial charge on any atom is -0.453 e. The molecule has 3 aromatic carbocycles. The summed E-state index contributed by atoms with van der Waals surface area (Å²) >= 11 is 0. The highest BCUT2D eigenvalue weighted by Crippen LogP contribution is 2.47. The molecule has 61 heavy (non-hydrogen) atoms. The molecule has 0 radical (unpaired) electrons. The van der Waals surface area contributed by atoms with Crippen LogP contribution < -0.4 is 10.6 Å². The van der Waals surface area contributed by atoms with Gasteiger partial charge in [0.25, 0.3) is 5.91 Å². The van der Waals surface area contributed by atoms with Crippen LogP contribution in [0, 0.1) is 5.92 Å². The van der Waals surface area contributed by atoms with Crippen molar-refractivity contribution in [2.75, 3.05) is 41.6 Å². The molecule has 7 unspecified atom stereocenters. The molecular weight excluding hydrogens is 781 g/mol. The molecule has 2 fully saturated rings. The fourth-order valence-electron chi connectivity index (χ4n) is 8.93. The molecule has 3 aliphatic rings. The Morgan fingerprint density at radius 1 is 0.770 bits per heavy atom. The zero-order valence-electron chi connectivity index (χ0n) is 34.7. The predicted molar refractivity (Wildman–Crippen MR) is 224 cm³/mol. The molecule has 2 aromatic heterocycles. The van der Waals surface area contributed by atoms with Crippen LogP contribution in [0.5, 0.6) is 0 Å². The first-order chi connectivity index (χ1) is 29.6. The van der Waals surface area contributed by atoms with E-state index >= 15 is 0 Å². The summed E-state index contributed by atoms with van der Waals surface area (Å²) in [6.45, 7) is 2.64. The molecule has 5 heterocycles. The summed E-state index contributed by atoms with van der Waals surface area (Å²) in [7, 11) is 5.67. The third kappa shape index (κ3) is 8.20. The number of aromatic amines is 2. The van der Waals surface area contributed by atoms with Gasteiger partial charge in [-0.25, -0.2) is 19.6 Å². The molecule has 16 nitrogen and oxygen atoms in total. The molecule has 318 valence electrons. The lowest BCUT2D eigenvalue weighted by molar-refractivity contribution is -0.138. The van der Waals surface area contributed by atoms with Gasteiger partial charge in [0.2, 0.25) is 5.91 Å². The number of alkyl carbamates (subject to hydrolysis) is 2. The van der Waals surface area contributed by atoms with Crippen molar-refractivity contribution in [3.8, 4) is 33.6 Å². The van der Waals surface area contributed by atoms with Gasteiger partial charge < -0.3 is 49.3 Å². The maximum absolute atomic E-state index is 14.0. The van der Waals surface area contributed by atoms with Crippen LogP contribution in [0.25, 0.3) is 33.6 Å². The van der Waals surface area contributed by atoms with Gasteiger partial charge in [0.1, 0.15) is 23.7 Å². The Hall–Kier alpha value is -6.52. The molecule has 2 bridgehead atoms. The van der Waals surface area contributed by atoms with E-state index in [9.17, 15) is 19.2 Å². The van der Waals surface area contributed by atoms with E-state index in [1.54, 1.807) is 31.3 Å². The van der Waals surface area contributed by atoms with E-state index in [1.807, 2.05) is 53.4 Å². The molecular formula is C45H50N8O8. The van der Waals surface area contributed by atoms with Crippen LogP contribution in [0.15, 0.2) is 85.2 Å². The number of nitrogens with one attached hydrogen (secondary N) is 4. The quantitative estimate of drug-likeness (QED) is 0.112. The number of rotatable bonds is 12. The van der Waals surface area contributed by atoms with Crippen LogP contribution in [0.4, 0.5) is 9.59 Å². The van der Waals surface area contributed by atoms with Crippen molar-refractivity contribution in [2.24, 2.45) is 5.92 Å². The highest BCUT2D eigenvalue weighted by molar-refractivity contribution is 5.89. The van der Waals surface area contributed by atoms with E-state index in [2.05, 4.69) is 44.9 Å². The number of hydrogen-bond donors (Lipinski definition) is 4. The van der Waals surface area contributed by atoms with Crippen LogP contribution >= 0.6 is 0 Å². The minimum atomic E-state index is -0.951. The summed E-state index contributed by atoms with van der Waals surface area (Å²) in [4.78, 5) is 72.4. The molecule has 5 aromatic rings. The average molecular weight is 831 g/mol. The van der Waals surface area contributed by atoms with Gasteiger partial charge in [-0.1, -0.05) is 72.8 Å². The maximum atomic E-state index is 14.0. The number of nitrogens with zero attached hydrogens (tertiary/aromatic N) is 4. The zero-order chi connectivity index (χ0) is 42.8. The van der Waals surface area contributed by atoms with Crippen LogP contribution in [-0.2, 0) is 28.5 Å². The minimum absolute atomic E-state index is 0.0789. The highest BCUT2D eigenvalue weighted by Gasteiger charge is 2.46. The molecule has 2 saturated heterocycles. The van der Waals surface area contributed by atoms with Crippen molar-refractivity contribution >= 4 is 24.0 Å². The summed E-state index contributed by atoms with van der Waals surface area (Å²) in [5, 5.41) is 5.36. The Bertz CT molecular complexity index is 2380. The van der Waals surface area contributed by atoms with Crippen LogP contribution in [0.3, 0.4) is 0 Å². The van der Waals surface area contributed by atoms with Gasteiger partial charge in [0.05, 0.1) is 68.8 Å². The van der Waals surface area contributed by atoms with Crippen molar-refractivity contribution in [3.05, 3.63) is 108 Å². The third-order valence-corrected chi connectivity index (χ3v) is 12.1. The first-order valence-electron chi connectivity index (χ1n) is 20.3. The third-order valence-electron chi connectivity index (χ3n) is 12.1. The summed E-state index contributed by atoms with van der Waals surface area (Å²) in [6, 6.07) is 21.6. The van der Waals surface area contributed by atoms with E-state index in [0.717, 1.165) is 57.6 Å². The predicted octanol–water partition coefficient (Wildman–Crippen LogP) is 6.24. The molecule has 3 aliphatic heterocycles. The van der Waals surface area contributed by atoms with Crippen molar-refractivity contribution < 1.29 is 38.1 Å². The second kappa shape index (κ2) is 17.6. The normalized spacial score (nSPS) is 21.7. The molecule has 7 atom stereocenters. The lowest BCUT2D eigenvalue weighted by Crippen LogP contribution is -2.54. The van der Waals surface area contributed by atoms with Gasteiger partial charge in [-0.2, -0.15) is 0 Å².